The van der Waals surface area contributed by atoms with Gasteiger partial charge in [-0.05, 0) is 56.3 Å². The lowest BCUT2D eigenvalue weighted by atomic mass is 9.79. The lowest BCUT2D eigenvalue weighted by Gasteiger charge is -2.30. The minimum Gasteiger partial charge on any atom is -0.490 e. The van der Waals surface area contributed by atoms with Crippen molar-refractivity contribution in [2.75, 3.05) is 13.7 Å². The number of benzene rings is 1. The number of hydrogen-bond acceptors (Lipinski definition) is 4. The zero-order valence-corrected chi connectivity index (χ0v) is 15.0. The second-order valence-corrected chi connectivity index (χ2v) is 7.30. The summed E-state index contributed by atoms with van der Waals surface area (Å²) in [6.45, 7) is 5.17. The van der Waals surface area contributed by atoms with Crippen LogP contribution >= 0.6 is 0 Å². The minimum atomic E-state index is -0.0437. The molecule has 4 heteroatoms. The van der Waals surface area contributed by atoms with Crippen LogP contribution in [0.15, 0.2) is 18.2 Å². The SMILES string of the molecule is COC(=O)C1CCCCC1CN[C@@H](C)c1ccc2c(c1)CC(C)O2. The summed E-state index contributed by atoms with van der Waals surface area (Å²) in [6.07, 6.45) is 5.68. The van der Waals surface area contributed by atoms with E-state index in [-0.39, 0.29) is 24.0 Å². The fourth-order valence-corrected chi connectivity index (χ4v) is 4.07. The van der Waals surface area contributed by atoms with Gasteiger partial charge in [-0.2, -0.15) is 0 Å². The summed E-state index contributed by atoms with van der Waals surface area (Å²) in [4.78, 5) is 12.0. The average molecular weight is 331 g/mol. The molecule has 3 unspecified atom stereocenters. The van der Waals surface area contributed by atoms with Crippen molar-refractivity contribution in [3.05, 3.63) is 29.3 Å². The van der Waals surface area contributed by atoms with E-state index < -0.39 is 0 Å². The van der Waals surface area contributed by atoms with Crippen molar-refractivity contribution >= 4 is 5.97 Å². The first-order chi connectivity index (χ1) is 11.6. The highest BCUT2D eigenvalue weighted by atomic mass is 16.5. The maximum absolute atomic E-state index is 12.0. The first kappa shape index (κ1) is 17.3. The van der Waals surface area contributed by atoms with Crippen LogP contribution in [0.1, 0.15) is 56.7 Å². The van der Waals surface area contributed by atoms with Gasteiger partial charge >= 0.3 is 5.97 Å². The molecule has 1 aromatic carbocycles. The fourth-order valence-electron chi connectivity index (χ4n) is 4.07. The molecule has 0 saturated heterocycles. The first-order valence-electron chi connectivity index (χ1n) is 9.19. The van der Waals surface area contributed by atoms with Crippen LogP contribution in [-0.2, 0) is 16.0 Å². The highest BCUT2D eigenvalue weighted by Gasteiger charge is 2.31. The summed E-state index contributed by atoms with van der Waals surface area (Å²) in [7, 11) is 1.50. The van der Waals surface area contributed by atoms with Crippen molar-refractivity contribution in [2.45, 2.75) is 58.1 Å². The highest BCUT2D eigenvalue weighted by molar-refractivity contribution is 5.72. The number of esters is 1. The minimum absolute atomic E-state index is 0.0437. The lowest BCUT2D eigenvalue weighted by Crippen LogP contribution is -2.36. The summed E-state index contributed by atoms with van der Waals surface area (Å²) < 4.78 is 10.8. The molecule has 1 saturated carbocycles. The summed E-state index contributed by atoms with van der Waals surface area (Å²) in [5, 5.41) is 3.63. The van der Waals surface area contributed by atoms with E-state index in [1.54, 1.807) is 0 Å². The largest absolute Gasteiger partial charge is 0.490 e. The van der Waals surface area contributed by atoms with Gasteiger partial charge in [-0.25, -0.2) is 0 Å². The maximum Gasteiger partial charge on any atom is 0.308 e. The van der Waals surface area contributed by atoms with Crippen LogP contribution in [0.2, 0.25) is 0 Å². The standard InChI is InChI=1S/C20H29NO3/c1-13-10-17-11-15(8-9-19(17)24-13)14(2)21-12-16-6-4-5-7-18(16)20(22)23-3/h8-9,11,13-14,16,18,21H,4-7,10,12H2,1-3H3/t13?,14-,16?,18?/m0/s1. The van der Waals surface area contributed by atoms with Crippen molar-refractivity contribution in [1.29, 1.82) is 0 Å². The predicted molar refractivity (Wildman–Crippen MR) is 94.1 cm³/mol. The molecule has 0 amide bonds. The Morgan fingerprint density at radius 3 is 2.96 bits per heavy atom. The Labute approximate surface area is 144 Å². The lowest BCUT2D eigenvalue weighted by molar-refractivity contribution is -0.148. The van der Waals surface area contributed by atoms with Crippen molar-refractivity contribution in [3.8, 4) is 5.75 Å². The van der Waals surface area contributed by atoms with Crippen LogP contribution < -0.4 is 10.1 Å². The molecular formula is C20H29NO3. The normalized spacial score (nSPS) is 27.2. The van der Waals surface area contributed by atoms with Gasteiger partial charge in [0.15, 0.2) is 0 Å². The van der Waals surface area contributed by atoms with Gasteiger partial charge in [0.05, 0.1) is 13.0 Å². The van der Waals surface area contributed by atoms with Gasteiger partial charge in [0.2, 0.25) is 0 Å². The molecule has 1 aliphatic carbocycles. The summed E-state index contributed by atoms with van der Waals surface area (Å²) in [5.41, 5.74) is 2.59. The number of hydrogen-bond donors (Lipinski definition) is 1. The van der Waals surface area contributed by atoms with E-state index in [2.05, 4.69) is 37.4 Å². The van der Waals surface area contributed by atoms with Gasteiger partial charge < -0.3 is 14.8 Å². The van der Waals surface area contributed by atoms with E-state index >= 15 is 0 Å². The molecule has 1 fully saturated rings. The molecule has 4 nitrogen and oxygen atoms in total. The molecule has 4 atom stereocenters. The third-order valence-electron chi connectivity index (χ3n) is 5.52. The molecule has 132 valence electrons. The first-order valence-corrected chi connectivity index (χ1v) is 9.19. The van der Waals surface area contributed by atoms with Gasteiger partial charge in [-0.3, -0.25) is 4.79 Å². The number of methoxy groups -OCH3 is 1. The Hall–Kier alpha value is -1.55. The third kappa shape index (κ3) is 3.75. The van der Waals surface area contributed by atoms with Crippen LogP contribution in [0.5, 0.6) is 5.75 Å². The van der Waals surface area contributed by atoms with Crippen LogP contribution in [0, 0.1) is 11.8 Å². The number of carbonyl (C=O) groups is 1. The van der Waals surface area contributed by atoms with Crippen LogP contribution in [0.3, 0.4) is 0 Å². The molecule has 1 N–H and O–H groups in total. The van der Waals surface area contributed by atoms with Crippen molar-refractivity contribution in [2.24, 2.45) is 11.8 Å². The molecule has 0 radical (unpaired) electrons. The molecular weight excluding hydrogens is 302 g/mol. The Morgan fingerprint density at radius 1 is 1.38 bits per heavy atom. The van der Waals surface area contributed by atoms with E-state index in [4.69, 9.17) is 9.47 Å². The van der Waals surface area contributed by atoms with E-state index in [1.807, 2.05) is 0 Å². The van der Waals surface area contributed by atoms with Crippen molar-refractivity contribution in [1.82, 2.24) is 5.32 Å². The third-order valence-corrected chi connectivity index (χ3v) is 5.52. The quantitative estimate of drug-likeness (QED) is 0.837. The number of nitrogens with one attached hydrogen (secondary N) is 1. The molecule has 1 heterocycles. The Morgan fingerprint density at radius 2 is 2.17 bits per heavy atom. The molecule has 24 heavy (non-hydrogen) atoms. The van der Waals surface area contributed by atoms with Crippen LogP contribution in [0.4, 0.5) is 0 Å². The van der Waals surface area contributed by atoms with Gasteiger partial charge in [-0.1, -0.05) is 25.0 Å². The van der Waals surface area contributed by atoms with E-state index in [1.165, 1.54) is 24.7 Å². The van der Waals surface area contributed by atoms with Gasteiger partial charge in [-0.15, -0.1) is 0 Å². The molecule has 1 aliphatic heterocycles. The summed E-state index contributed by atoms with van der Waals surface area (Å²) in [5.74, 6) is 1.42. The van der Waals surface area contributed by atoms with Crippen molar-refractivity contribution in [3.63, 3.8) is 0 Å². The number of fused-ring (bicyclic) bond motifs is 1. The molecule has 0 spiro atoms. The molecule has 0 aromatic heterocycles. The molecule has 3 rings (SSSR count). The predicted octanol–water partition coefficient (Wildman–Crippen LogP) is 3.64. The van der Waals surface area contributed by atoms with Crippen LogP contribution in [-0.4, -0.2) is 25.7 Å². The summed E-state index contributed by atoms with van der Waals surface area (Å²) >= 11 is 0. The highest BCUT2D eigenvalue weighted by Crippen LogP contribution is 2.33. The Balaban J connectivity index is 1.59. The summed E-state index contributed by atoms with van der Waals surface area (Å²) in [6, 6.07) is 6.76. The Kier molecular flexibility index (Phi) is 5.44. The number of rotatable bonds is 5. The maximum atomic E-state index is 12.0. The molecule has 1 aromatic rings. The van der Waals surface area contributed by atoms with E-state index in [9.17, 15) is 4.79 Å². The van der Waals surface area contributed by atoms with Crippen LogP contribution in [0.25, 0.3) is 0 Å². The number of ether oxygens (including phenoxy) is 2. The fraction of sp³-hybridized carbons (Fsp3) is 0.650. The average Bonchev–Trinajstić information content (AvgIpc) is 2.98. The van der Waals surface area contributed by atoms with E-state index in [0.717, 1.165) is 38.0 Å². The topological polar surface area (TPSA) is 47.6 Å². The zero-order chi connectivity index (χ0) is 17.1. The van der Waals surface area contributed by atoms with Gasteiger partial charge in [0.1, 0.15) is 11.9 Å². The smallest absolute Gasteiger partial charge is 0.308 e. The monoisotopic (exact) mass is 331 g/mol. The molecule has 0 bridgehead atoms. The van der Waals surface area contributed by atoms with Crippen molar-refractivity contribution < 1.29 is 14.3 Å². The van der Waals surface area contributed by atoms with Gasteiger partial charge in [0.25, 0.3) is 0 Å². The zero-order valence-electron chi connectivity index (χ0n) is 15.0. The Bertz CT molecular complexity index is 586. The second-order valence-electron chi connectivity index (χ2n) is 7.30. The number of carbonyl (C=O) groups excluding carboxylic acids is 1. The molecule has 2 aliphatic rings. The van der Waals surface area contributed by atoms with E-state index in [0.29, 0.717) is 5.92 Å². The van der Waals surface area contributed by atoms with Gasteiger partial charge in [0, 0.05) is 12.5 Å². The second kappa shape index (κ2) is 7.56.